The molecule has 3 N–H and O–H groups in total. The summed E-state index contributed by atoms with van der Waals surface area (Å²) in [5, 5.41) is 8.15. The summed E-state index contributed by atoms with van der Waals surface area (Å²) in [6.45, 7) is 0. The molecule has 0 fully saturated rings. The van der Waals surface area contributed by atoms with Gasteiger partial charge in [-0.2, -0.15) is 0 Å². The van der Waals surface area contributed by atoms with Crippen molar-refractivity contribution in [2.75, 3.05) is 0 Å². The van der Waals surface area contributed by atoms with E-state index >= 15 is 0 Å². The molecule has 5 nitrogen and oxygen atoms in total. The highest BCUT2D eigenvalue weighted by molar-refractivity contribution is 5.75. The average Bonchev–Trinajstić information content (AvgIpc) is 2.16. The van der Waals surface area contributed by atoms with Crippen LogP contribution in [0.3, 0.4) is 0 Å². The third-order valence-corrected chi connectivity index (χ3v) is 1.53. The van der Waals surface area contributed by atoms with Crippen LogP contribution in [0.1, 0.15) is 0 Å². The van der Waals surface area contributed by atoms with Gasteiger partial charge in [-0.1, -0.05) is 18.2 Å². The van der Waals surface area contributed by atoms with E-state index in [0.717, 1.165) is 5.39 Å². The molecule has 0 radical (unpaired) electrons. The molecule has 0 bridgehead atoms. The zero-order valence-electron chi connectivity index (χ0n) is 7.71. The quantitative estimate of drug-likeness (QED) is 0.638. The van der Waals surface area contributed by atoms with Crippen molar-refractivity contribution in [3.8, 4) is 0 Å². The maximum Gasteiger partial charge on any atom is 0.402 e. The average molecular weight is 207 g/mol. The highest BCUT2D eigenvalue weighted by Gasteiger charge is 1.92. The van der Waals surface area contributed by atoms with Crippen LogP contribution in [0.4, 0.5) is 4.79 Å². The molecule has 0 saturated heterocycles. The fraction of sp³-hybridized carbons (Fsp3) is 0. The lowest BCUT2D eigenvalue weighted by Crippen LogP contribution is -2.03. The standard InChI is InChI=1S/C9H6O2.CH3NO2/c10-9-6-5-7-3-1-2-4-8(7)11-9;2-1(3)4/h1-6H;2H2,(H,3,4). The molecule has 2 rings (SSSR count). The zero-order chi connectivity index (χ0) is 11.3. The first-order valence-corrected chi connectivity index (χ1v) is 4.07. The molecule has 0 aliphatic rings. The van der Waals surface area contributed by atoms with Gasteiger partial charge in [-0.15, -0.1) is 0 Å². The van der Waals surface area contributed by atoms with Crippen LogP contribution in [0.25, 0.3) is 11.0 Å². The zero-order valence-corrected chi connectivity index (χ0v) is 7.71. The van der Waals surface area contributed by atoms with Gasteiger partial charge in [-0.3, -0.25) is 0 Å². The summed E-state index contributed by atoms with van der Waals surface area (Å²) in [7, 11) is 0. The summed E-state index contributed by atoms with van der Waals surface area (Å²) in [4.78, 5) is 19.5. The van der Waals surface area contributed by atoms with E-state index in [0.29, 0.717) is 5.58 Å². The van der Waals surface area contributed by atoms with E-state index in [1.165, 1.54) is 6.07 Å². The van der Waals surface area contributed by atoms with Crippen molar-refractivity contribution in [3.05, 3.63) is 46.8 Å². The van der Waals surface area contributed by atoms with Crippen molar-refractivity contribution < 1.29 is 14.3 Å². The molecule has 1 aromatic carbocycles. The molecular weight excluding hydrogens is 198 g/mol. The molecule has 0 spiro atoms. The maximum atomic E-state index is 10.7. The number of primary amides is 1. The molecule has 15 heavy (non-hydrogen) atoms. The Kier molecular flexibility index (Phi) is 3.45. The van der Waals surface area contributed by atoms with Gasteiger partial charge in [0.15, 0.2) is 0 Å². The highest BCUT2D eigenvalue weighted by Crippen LogP contribution is 2.08. The van der Waals surface area contributed by atoms with E-state index < -0.39 is 6.09 Å². The Labute approximate surface area is 84.7 Å². The molecule has 1 heterocycles. The Morgan fingerprint density at radius 3 is 2.47 bits per heavy atom. The van der Waals surface area contributed by atoms with Gasteiger partial charge in [0.25, 0.3) is 0 Å². The summed E-state index contributed by atoms with van der Waals surface area (Å²) < 4.78 is 4.91. The fourth-order valence-electron chi connectivity index (χ4n) is 1.01. The molecule has 2 aromatic rings. The molecule has 0 atom stereocenters. The van der Waals surface area contributed by atoms with Crippen LogP contribution in [-0.2, 0) is 0 Å². The van der Waals surface area contributed by atoms with Crippen LogP contribution < -0.4 is 11.4 Å². The maximum absolute atomic E-state index is 10.7. The third kappa shape index (κ3) is 3.51. The molecule has 0 saturated carbocycles. The van der Waals surface area contributed by atoms with Crippen LogP contribution >= 0.6 is 0 Å². The van der Waals surface area contributed by atoms with Gasteiger partial charge >= 0.3 is 11.7 Å². The first-order valence-electron chi connectivity index (χ1n) is 4.07. The smallest absolute Gasteiger partial charge is 0.402 e. The second kappa shape index (κ2) is 4.80. The predicted molar refractivity (Wildman–Crippen MR) is 54.7 cm³/mol. The van der Waals surface area contributed by atoms with Crippen molar-refractivity contribution in [2.24, 2.45) is 5.73 Å². The predicted octanol–water partition coefficient (Wildman–Crippen LogP) is 1.42. The first kappa shape index (κ1) is 10.8. The lowest BCUT2D eigenvalue weighted by molar-refractivity contribution is 0.205. The number of fused-ring (bicyclic) bond motifs is 1. The van der Waals surface area contributed by atoms with Crippen LogP contribution in [0.5, 0.6) is 0 Å². The van der Waals surface area contributed by atoms with E-state index in [9.17, 15) is 4.79 Å². The van der Waals surface area contributed by atoms with Gasteiger partial charge in [0, 0.05) is 11.5 Å². The van der Waals surface area contributed by atoms with Gasteiger partial charge in [-0.25, -0.2) is 9.59 Å². The first-order chi connectivity index (χ1) is 7.09. The van der Waals surface area contributed by atoms with Crippen LogP contribution in [0.15, 0.2) is 45.6 Å². The van der Waals surface area contributed by atoms with Crippen LogP contribution in [0.2, 0.25) is 0 Å². The van der Waals surface area contributed by atoms with Gasteiger partial charge < -0.3 is 15.3 Å². The summed E-state index contributed by atoms with van der Waals surface area (Å²) in [5.74, 6) is 0. The minimum absolute atomic E-state index is 0.302. The van der Waals surface area contributed by atoms with Gasteiger partial charge in [-0.05, 0) is 12.1 Å². The molecule has 5 heteroatoms. The van der Waals surface area contributed by atoms with E-state index in [1.807, 2.05) is 18.2 Å². The molecule has 0 unspecified atom stereocenters. The van der Waals surface area contributed by atoms with E-state index in [-0.39, 0.29) is 5.63 Å². The minimum Gasteiger partial charge on any atom is -0.465 e. The summed E-state index contributed by atoms with van der Waals surface area (Å²) in [5.41, 5.74) is 4.36. The molecule has 0 aliphatic carbocycles. The number of amides is 1. The molecule has 78 valence electrons. The number of carboxylic acid groups (broad SMARTS) is 1. The van der Waals surface area contributed by atoms with Gasteiger partial charge in [0.2, 0.25) is 0 Å². The topological polar surface area (TPSA) is 93.5 Å². The van der Waals surface area contributed by atoms with Crippen molar-refractivity contribution >= 4 is 17.1 Å². The SMILES string of the molecule is NC(=O)O.O=c1ccc2ccccc2o1. The minimum atomic E-state index is -1.33. The van der Waals surface area contributed by atoms with E-state index in [4.69, 9.17) is 14.3 Å². The Hall–Kier alpha value is -2.30. The van der Waals surface area contributed by atoms with Crippen LogP contribution in [-0.4, -0.2) is 11.2 Å². The molecule has 1 amide bonds. The highest BCUT2D eigenvalue weighted by atomic mass is 16.4. The number of rotatable bonds is 0. The monoisotopic (exact) mass is 207 g/mol. The van der Waals surface area contributed by atoms with Crippen molar-refractivity contribution in [1.29, 1.82) is 0 Å². The number of hydrogen-bond donors (Lipinski definition) is 2. The lowest BCUT2D eigenvalue weighted by atomic mass is 10.2. The number of para-hydroxylation sites is 1. The van der Waals surface area contributed by atoms with Crippen LogP contribution in [0, 0.1) is 0 Å². The second-order valence-electron chi connectivity index (χ2n) is 2.63. The van der Waals surface area contributed by atoms with Crippen molar-refractivity contribution in [1.82, 2.24) is 0 Å². The lowest BCUT2D eigenvalue weighted by Gasteiger charge is -1.91. The summed E-state index contributed by atoms with van der Waals surface area (Å²) >= 11 is 0. The van der Waals surface area contributed by atoms with Crippen molar-refractivity contribution in [3.63, 3.8) is 0 Å². The Morgan fingerprint density at radius 2 is 1.80 bits per heavy atom. The fourth-order valence-corrected chi connectivity index (χ4v) is 1.01. The van der Waals surface area contributed by atoms with E-state index in [2.05, 4.69) is 5.73 Å². The number of hydrogen-bond acceptors (Lipinski definition) is 3. The second-order valence-corrected chi connectivity index (χ2v) is 2.63. The Morgan fingerprint density at radius 1 is 1.20 bits per heavy atom. The summed E-state index contributed by atoms with van der Waals surface area (Å²) in [6, 6.07) is 10.6. The van der Waals surface area contributed by atoms with Gasteiger partial charge in [0.1, 0.15) is 5.58 Å². The van der Waals surface area contributed by atoms with E-state index in [1.54, 1.807) is 12.1 Å². The molecule has 1 aromatic heterocycles. The number of benzene rings is 1. The number of nitrogens with two attached hydrogens (primary N) is 1. The Bertz CT molecular complexity index is 514. The molecule has 0 aliphatic heterocycles. The normalized spacial score (nSPS) is 9.07. The molecular formula is C10H9NO4. The number of carbonyl (C=O) groups is 1. The Balaban J connectivity index is 0.000000245. The largest absolute Gasteiger partial charge is 0.465 e. The summed E-state index contributed by atoms with van der Waals surface area (Å²) in [6.07, 6.45) is -1.33. The third-order valence-electron chi connectivity index (χ3n) is 1.53. The van der Waals surface area contributed by atoms with Gasteiger partial charge in [0.05, 0.1) is 0 Å². The van der Waals surface area contributed by atoms with Crippen molar-refractivity contribution in [2.45, 2.75) is 0 Å².